The molecule has 18 heavy (non-hydrogen) atoms. The van der Waals surface area contributed by atoms with Crippen LogP contribution in [-0.4, -0.2) is 15.0 Å². The molecule has 0 aromatic rings. The molecule has 2 nitrogen and oxygen atoms in total. The summed E-state index contributed by atoms with van der Waals surface area (Å²) >= 11 is 2.02. The van der Waals surface area contributed by atoms with E-state index in [2.05, 4.69) is 6.92 Å². The summed E-state index contributed by atoms with van der Waals surface area (Å²) in [7, 11) is 0. The third kappa shape index (κ3) is 15.9. The second kappa shape index (κ2) is 16.9. The SMILES string of the molecule is CCCCCCCCCCCCC(I)C(=O)O.[H-].[K+]. The molecule has 1 atom stereocenters. The molecule has 0 aliphatic carbocycles. The normalized spacial score (nSPS) is 11.9. The van der Waals surface area contributed by atoms with Crippen molar-refractivity contribution in [2.24, 2.45) is 0 Å². The summed E-state index contributed by atoms with van der Waals surface area (Å²) in [6, 6.07) is 0. The van der Waals surface area contributed by atoms with Crippen molar-refractivity contribution in [2.75, 3.05) is 0 Å². The Bertz CT molecular complexity index is 194. The molecule has 0 saturated carbocycles. The maximum absolute atomic E-state index is 10.6. The van der Waals surface area contributed by atoms with Gasteiger partial charge in [0.1, 0.15) is 3.92 Å². The second-order valence-corrected chi connectivity index (χ2v) is 6.28. The van der Waals surface area contributed by atoms with Gasteiger partial charge >= 0.3 is 57.4 Å². The molecule has 1 N–H and O–H groups in total. The predicted octanol–water partition coefficient (Wildman–Crippen LogP) is 2.30. The van der Waals surface area contributed by atoms with Crippen LogP contribution in [0.1, 0.15) is 79.0 Å². The number of carboxylic acids is 1. The zero-order valence-electron chi connectivity index (χ0n) is 13.1. The molecule has 0 rings (SSSR count). The number of carbonyl (C=O) groups is 1. The number of aliphatic carboxylic acids is 1. The zero-order valence-corrected chi connectivity index (χ0v) is 17.4. The fourth-order valence-corrected chi connectivity index (χ4v) is 2.37. The minimum Gasteiger partial charge on any atom is -1.00 e. The summed E-state index contributed by atoms with van der Waals surface area (Å²) in [5, 5.41) is 8.72. The number of rotatable bonds is 12. The number of halogens is 1. The van der Waals surface area contributed by atoms with Gasteiger partial charge in [0.15, 0.2) is 0 Å². The van der Waals surface area contributed by atoms with Crippen molar-refractivity contribution in [3.63, 3.8) is 0 Å². The monoisotopic (exact) mass is 394 g/mol. The second-order valence-electron chi connectivity index (χ2n) is 4.78. The van der Waals surface area contributed by atoms with Crippen LogP contribution in [0.25, 0.3) is 0 Å². The quantitative estimate of drug-likeness (QED) is 0.239. The molecule has 0 aliphatic heterocycles. The van der Waals surface area contributed by atoms with E-state index in [9.17, 15) is 4.79 Å². The molecule has 0 spiro atoms. The first-order chi connectivity index (χ1) is 8.18. The van der Waals surface area contributed by atoms with Gasteiger partial charge in [-0.1, -0.05) is 93.7 Å². The number of hydrogen-bond donors (Lipinski definition) is 1. The smallest absolute Gasteiger partial charge is 1.00 e. The van der Waals surface area contributed by atoms with E-state index < -0.39 is 5.97 Å². The van der Waals surface area contributed by atoms with Gasteiger partial charge in [-0.2, -0.15) is 0 Å². The Morgan fingerprint density at radius 1 is 1.00 bits per heavy atom. The maximum Gasteiger partial charge on any atom is 1.00 e. The van der Waals surface area contributed by atoms with Crippen LogP contribution in [0.5, 0.6) is 0 Å². The Kier molecular flexibility index (Phi) is 20.8. The van der Waals surface area contributed by atoms with Gasteiger partial charge in [0.2, 0.25) is 0 Å². The Balaban J connectivity index is -0.00000128. The minimum atomic E-state index is -0.665. The van der Waals surface area contributed by atoms with E-state index in [1.807, 2.05) is 22.6 Å². The Hall–Kier alpha value is 1.84. The fourth-order valence-electron chi connectivity index (χ4n) is 1.93. The van der Waals surface area contributed by atoms with E-state index in [1.165, 1.54) is 57.8 Å². The van der Waals surface area contributed by atoms with Crippen LogP contribution in [-0.2, 0) is 4.79 Å². The van der Waals surface area contributed by atoms with E-state index in [0.29, 0.717) is 0 Å². The first kappa shape index (κ1) is 22.1. The third-order valence-corrected chi connectivity index (χ3v) is 4.23. The Labute approximate surface area is 170 Å². The van der Waals surface area contributed by atoms with Crippen LogP contribution < -0.4 is 51.4 Å². The summed E-state index contributed by atoms with van der Waals surface area (Å²) in [6.45, 7) is 2.25. The molecule has 0 aromatic carbocycles. The molecular formula is C14H28IKO2. The van der Waals surface area contributed by atoms with Crippen LogP contribution in [0.4, 0.5) is 0 Å². The number of alkyl halides is 1. The van der Waals surface area contributed by atoms with Gasteiger partial charge in [-0.05, 0) is 6.42 Å². The largest absolute Gasteiger partial charge is 1.00 e. The zero-order chi connectivity index (χ0) is 12.9. The first-order valence-electron chi connectivity index (χ1n) is 7.05. The van der Waals surface area contributed by atoms with Gasteiger partial charge in [-0.25, -0.2) is 0 Å². The molecule has 0 saturated heterocycles. The summed E-state index contributed by atoms with van der Waals surface area (Å²) in [6.07, 6.45) is 13.9. The molecule has 4 heteroatoms. The number of unbranched alkanes of at least 4 members (excludes halogenated alkanes) is 9. The third-order valence-electron chi connectivity index (χ3n) is 3.08. The van der Waals surface area contributed by atoms with E-state index in [-0.39, 0.29) is 56.7 Å². The van der Waals surface area contributed by atoms with Crippen LogP contribution in [0.3, 0.4) is 0 Å². The van der Waals surface area contributed by atoms with Gasteiger partial charge < -0.3 is 6.53 Å². The van der Waals surface area contributed by atoms with Crippen molar-refractivity contribution < 1.29 is 62.7 Å². The molecule has 0 heterocycles. The molecule has 0 fully saturated rings. The van der Waals surface area contributed by atoms with Crippen molar-refractivity contribution >= 4 is 28.6 Å². The molecule has 1 unspecified atom stereocenters. The number of carboxylic acid groups (broad SMARTS) is 1. The summed E-state index contributed by atoms with van der Waals surface area (Å²) in [5.74, 6) is -0.665. The van der Waals surface area contributed by atoms with Crippen LogP contribution >= 0.6 is 22.6 Å². The van der Waals surface area contributed by atoms with Crippen molar-refractivity contribution in [3.05, 3.63) is 0 Å². The Morgan fingerprint density at radius 2 is 1.39 bits per heavy atom. The van der Waals surface area contributed by atoms with Gasteiger partial charge in [-0.3, -0.25) is 4.79 Å². The Morgan fingerprint density at radius 3 is 1.78 bits per heavy atom. The summed E-state index contributed by atoms with van der Waals surface area (Å²) in [4.78, 5) is 10.6. The summed E-state index contributed by atoms with van der Waals surface area (Å²) in [5.41, 5.74) is 0. The van der Waals surface area contributed by atoms with E-state index in [4.69, 9.17) is 5.11 Å². The van der Waals surface area contributed by atoms with Crippen molar-refractivity contribution in [2.45, 2.75) is 81.5 Å². The van der Waals surface area contributed by atoms with Gasteiger partial charge in [0.25, 0.3) is 0 Å². The minimum absolute atomic E-state index is 0. The van der Waals surface area contributed by atoms with E-state index in [1.54, 1.807) is 0 Å². The van der Waals surface area contributed by atoms with E-state index >= 15 is 0 Å². The first-order valence-corrected chi connectivity index (χ1v) is 8.30. The van der Waals surface area contributed by atoms with E-state index in [0.717, 1.165) is 12.8 Å². The van der Waals surface area contributed by atoms with Crippen molar-refractivity contribution in [1.29, 1.82) is 0 Å². The molecule has 0 bridgehead atoms. The fraction of sp³-hybridized carbons (Fsp3) is 0.929. The number of hydrogen-bond acceptors (Lipinski definition) is 1. The average Bonchev–Trinajstić information content (AvgIpc) is 2.31. The van der Waals surface area contributed by atoms with Gasteiger partial charge in [0, 0.05) is 0 Å². The molecule has 0 aromatic heterocycles. The van der Waals surface area contributed by atoms with Gasteiger partial charge in [0.05, 0.1) is 0 Å². The molecule has 0 radical (unpaired) electrons. The molecular weight excluding hydrogens is 366 g/mol. The summed E-state index contributed by atoms with van der Waals surface area (Å²) < 4.78 is -0.193. The molecule has 0 aliphatic rings. The van der Waals surface area contributed by atoms with Crippen molar-refractivity contribution in [3.8, 4) is 0 Å². The van der Waals surface area contributed by atoms with Crippen LogP contribution in [0.15, 0.2) is 0 Å². The van der Waals surface area contributed by atoms with Crippen molar-refractivity contribution in [1.82, 2.24) is 0 Å². The van der Waals surface area contributed by atoms with Gasteiger partial charge in [-0.15, -0.1) is 0 Å². The van der Waals surface area contributed by atoms with Crippen LogP contribution in [0, 0.1) is 0 Å². The maximum atomic E-state index is 10.6. The standard InChI is InChI=1S/C14H27IO2.K.H/c1-2-3-4-5-6-7-8-9-10-11-12-13(15)14(16)17;;/h13H,2-12H2,1H3,(H,16,17);;/q;+1;-1. The molecule has 0 amide bonds. The molecule has 104 valence electrons. The average molecular weight is 394 g/mol. The van der Waals surface area contributed by atoms with Crippen LogP contribution in [0.2, 0.25) is 0 Å². The topological polar surface area (TPSA) is 37.3 Å². The predicted molar refractivity (Wildman–Crippen MR) is 83.0 cm³/mol.